The molecule has 4 heterocycles. The van der Waals surface area contributed by atoms with Crippen molar-refractivity contribution in [1.82, 2.24) is 29.9 Å². The number of aromatic nitrogens is 6. The number of benzene rings is 1. The zero-order chi connectivity index (χ0) is 26.2. The smallest absolute Gasteiger partial charge is 0.287 e. The molecule has 0 fully saturated rings. The number of rotatable bonds is 5. The van der Waals surface area contributed by atoms with Gasteiger partial charge in [0.1, 0.15) is 17.2 Å². The van der Waals surface area contributed by atoms with Crippen LogP contribution in [-0.4, -0.2) is 42.5 Å². The average Bonchev–Trinajstić information content (AvgIpc) is 3.29. The van der Waals surface area contributed by atoms with Crippen LogP contribution in [0.3, 0.4) is 0 Å². The number of ether oxygens (including phenoxy) is 1. The van der Waals surface area contributed by atoms with Crippen molar-refractivity contribution in [3.8, 4) is 11.3 Å². The first kappa shape index (κ1) is 24.3. The van der Waals surface area contributed by atoms with Crippen molar-refractivity contribution in [2.24, 2.45) is 0 Å². The fraction of sp³-hybridized carbons (Fsp3) is 0.280. The molecular weight excluding hydrogens is 479 g/mol. The average molecular weight is 505 g/mol. The van der Waals surface area contributed by atoms with Gasteiger partial charge in [-0.2, -0.15) is 10.2 Å². The second-order valence-electron chi connectivity index (χ2n) is 9.60. The number of halogens is 1. The molecule has 37 heavy (non-hydrogen) atoms. The van der Waals surface area contributed by atoms with Crippen LogP contribution < -0.4 is 16.2 Å². The summed E-state index contributed by atoms with van der Waals surface area (Å²) in [6, 6.07) is 7.48. The van der Waals surface area contributed by atoms with Crippen LogP contribution in [0.25, 0.3) is 11.3 Å². The van der Waals surface area contributed by atoms with Gasteiger partial charge in [0.15, 0.2) is 5.82 Å². The van der Waals surface area contributed by atoms with E-state index >= 15 is 0 Å². The highest BCUT2D eigenvalue weighted by molar-refractivity contribution is 6.03. The molecule has 1 amide bonds. The summed E-state index contributed by atoms with van der Waals surface area (Å²) in [5.41, 5.74) is 2.01. The Morgan fingerprint density at radius 3 is 2.70 bits per heavy atom. The molecule has 4 aromatic rings. The van der Waals surface area contributed by atoms with Crippen molar-refractivity contribution >= 4 is 23.1 Å². The topological polar surface area (TPSA) is 140 Å². The second-order valence-corrected chi connectivity index (χ2v) is 9.60. The van der Waals surface area contributed by atoms with Gasteiger partial charge in [-0.15, -0.1) is 0 Å². The number of carbonyl (C=O) groups excluding carboxylic acids is 1. The summed E-state index contributed by atoms with van der Waals surface area (Å²) in [5.74, 6) is -0.743. The number of carbonyl (C=O) groups is 1. The van der Waals surface area contributed by atoms with Gasteiger partial charge in [-0.25, -0.2) is 14.5 Å². The van der Waals surface area contributed by atoms with Gasteiger partial charge in [0.2, 0.25) is 0 Å². The van der Waals surface area contributed by atoms with Crippen molar-refractivity contribution in [2.45, 2.75) is 39.3 Å². The van der Waals surface area contributed by atoms with Crippen LogP contribution in [0.2, 0.25) is 0 Å². The van der Waals surface area contributed by atoms with E-state index in [4.69, 9.17) is 4.74 Å². The summed E-state index contributed by atoms with van der Waals surface area (Å²) in [6.07, 6.45) is 2.89. The van der Waals surface area contributed by atoms with Gasteiger partial charge in [0.05, 0.1) is 48.7 Å². The summed E-state index contributed by atoms with van der Waals surface area (Å²) < 4.78 is 21.8. The molecule has 0 aliphatic carbocycles. The minimum atomic E-state index is -0.634. The molecule has 1 aliphatic heterocycles. The highest BCUT2D eigenvalue weighted by Crippen LogP contribution is 2.26. The number of H-pyrrole nitrogens is 1. The Labute approximate surface area is 211 Å². The Hall–Kier alpha value is -4.45. The third-order valence-electron chi connectivity index (χ3n) is 5.79. The van der Waals surface area contributed by atoms with E-state index in [0.29, 0.717) is 36.8 Å². The molecule has 0 spiro atoms. The molecular formula is C25H25FN8O3. The monoisotopic (exact) mass is 504 g/mol. The van der Waals surface area contributed by atoms with E-state index in [0.717, 1.165) is 11.4 Å². The van der Waals surface area contributed by atoms with Crippen LogP contribution in [0, 0.1) is 5.82 Å². The Morgan fingerprint density at radius 2 is 1.97 bits per heavy atom. The van der Waals surface area contributed by atoms with Crippen LogP contribution in [0.15, 0.2) is 47.5 Å². The Morgan fingerprint density at radius 1 is 1.14 bits per heavy atom. The number of hydrogen-bond acceptors (Lipinski definition) is 8. The van der Waals surface area contributed by atoms with Gasteiger partial charge in [-0.05, 0) is 24.3 Å². The fourth-order valence-corrected chi connectivity index (χ4v) is 3.74. The number of aromatic amines is 1. The normalized spacial score (nSPS) is 13.2. The molecule has 0 atom stereocenters. The van der Waals surface area contributed by atoms with E-state index in [1.165, 1.54) is 36.7 Å². The highest BCUT2D eigenvalue weighted by atomic mass is 19.1. The molecule has 12 heteroatoms. The van der Waals surface area contributed by atoms with E-state index in [-0.39, 0.29) is 22.5 Å². The van der Waals surface area contributed by atoms with E-state index in [2.05, 4.69) is 35.9 Å². The van der Waals surface area contributed by atoms with Crippen LogP contribution in [0.5, 0.6) is 0 Å². The zero-order valence-electron chi connectivity index (χ0n) is 20.5. The van der Waals surface area contributed by atoms with Crippen molar-refractivity contribution in [1.29, 1.82) is 0 Å². The van der Waals surface area contributed by atoms with Gasteiger partial charge >= 0.3 is 0 Å². The number of amides is 1. The maximum atomic E-state index is 14.6. The van der Waals surface area contributed by atoms with Crippen molar-refractivity contribution in [3.63, 3.8) is 0 Å². The second kappa shape index (κ2) is 9.54. The van der Waals surface area contributed by atoms with E-state index < -0.39 is 17.3 Å². The Bertz CT molecular complexity index is 1500. The number of anilines is 3. The van der Waals surface area contributed by atoms with Crippen LogP contribution in [0.4, 0.5) is 21.6 Å². The molecule has 3 aromatic heterocycles. The van der Waals surface area contributed by atoms with E-state index in [1.807, 2.05) is 25.5 Å². The van der Waals surface area contributed by atoms with Gasteiger partial charge in [-0.3, -0.25) is 19.3 Å². The molecule has 3 N–H and O–H groups in total. The highest BCUT2D eigenvalue weighted by Gasteiger charge is 2.19. The Balaban J connectivity index is 1.37. The zero-order valence-corrected chi connectivity index (χ0v) is 20.5. The van der Waals surface area contributed by atoms with Gasteiger partial charge < -0.3 is 15.4 Å². The lowest BCUT2D eigenvalue weighted by atomic mass is 9.93. The van der Waals surface area contributed by atoms with E-state index in [1.54, 1.807) is 6.07 Å². The van der Waals surface area contributed by atoms with Gasteiger partial charge in [-0.1, -0.05) is 20.8 Å². The molecule has 0 saturated carbocycles. The first-order valence-electron chi connectivity index (χ1n) is 11.6. The lowest BCUT2D eigenvalue weighted by molar-refractivity contribution is 0.0801. The fourth-order valence-electron chi connectivity index (χ4n) is 3.74. The number of nitrogens with one attached hydrogen (secondary N) is 3. The lowest BCUT2D eigenvalue weighted by Gasteiger charge is -2.16. The predicted molar refractivity (Wildman–Crippen MR) is 134 cm³/mol. The van der Waals surface area contributed by atoms with Crippen molar-refractivity contribution in [3.05, 3.63) is 76.0 Å². The molecule has 5 rings (SSSR count). The third-order valence-corrected chi connectivity index (χ3v) is 5.79. The predicted octanol–water partition coefficient (Wildman–Crippen LogP) is 3.39. The number of fused-ring (bicyclic) bond motifs is 1. The van der Waals surface area contributed by atoms with Crippen LogP contribution in [0.1, 0.15) is 42.6 Å². The maximum Gasteiger partial charge on any atom is 0.287 e. The maximum absolute atomic E-state index is 14.6. The van der Waals surface area contributed by atoms with Crippen LogP contribution >= 0.6 is 0 Å². The summed E-state index contributed by atoms with van der Waals surface area (Å²) in [5, 5.41) is 16.5. The molecule has 1 aliphatic rings. The molecule has 0 saturated heterocycles. The lowest BCUT2D eigenvalue weighted by Crippen LogP contribution is -2.18. The molecule has 1 aromatic carbocycles. The van der Waals surface area contributed by atoms with E-state index in [9.17, 15) is 14.0 Å². The minimum Gasteiger partial charge on any atom is -0.373 e. The summed E-state index contributed by atoms with van der Waals surface area (Å²) >= 11 is 0. The summed E-state index contributed by atoms with van der Waals surface area (Å²) in [6.45, 7) is 7.62. The van der Waals surface area contributed by atoms with Crippen molar-refractivity contribution in [2.75, 3.05) is 17.2 Å². The number of hydrogen-bond donors (Lipinski definition) is 3. The largest absolute Gasteiger partial charge is 0.373 e. The molecule has 0 bridgehead atoms. The van der Waals surface area contributed by atoms with Crippen molar-refractivity contribution < 1.29 is 13.9 Å². The summed E-state index contributed by atoms with van der Waals surface area (Å²) in [4.78, 5) is 33.5. The molecule has 0 radical (unpaired) electrons. The molecule has 11 nitrogen and oxygen atoms in total. The van der Waals surface area contributed by atoms with Gasteiger partial charge in [0.25, 0.3) is 11.5 Å². The minimum absolute atomic E-state index is 0.0552. The first-order valence-corrected chi connectivity index (χ1v) is 11.6. The van der Waals surface area contributed by atoms with Crippen LogP contribution in [-0.2, 0) is 23.3 Å². The SMILES string of the molecule is CC(C)(C)c1cnc(C(=O)Nc2cc(-c3cc(Nc4cc5n(n4)CCOC5)c(=O)[nH]n3)ccc2F)cn1. The molecule has 0 unspecified atom stereocenters. The summed E-state index contributed by atoms with van der Waals surface area (Å²) in [7, 11) is 0. The molecule has 190 valence electrons. The first-order chi connectivity index (χ1) is 17.7. The van der Waals surface area contributed by atoms with Gasteiger partial charge in [0, 0.05) is 23.2 Å². The number of nitrogens with zero attached hydrogens (tertiary/aromatic N) is 5. The Kier molecular flexibility index (Phi) is 6.25. The quantitative estimate of drug-likeness (QED) is 0.376. The standard InChI is InChI=1S/C25H25FN8O3/c1-25(2,3)21-12-27-20(11-28-21)23(35)30-18-8-14(4-5-16(18)26)17-10-19(24(36)32-31-17)29-22-9-15-13-37-7-6-34(15)33-22/h4-5,8-12H,6-7,13H2,1-3H3,(H,30,35)(H,32,36)(H,29,31,33). The third kappa shape index (κ3) is 5.23.